The van der Waals surface area contributed by atoms with E-state index in [1.54, 1.807) is 18.3 Å². The van der Waals surface area contributed by atoms with E-state index >= 15 is 0 Å². The van der Waals surface area contributed by atoms with E-state index < -0.39 is 6.11 Å². The number of nitrogens with two attached hydrogens (primary N) is 1. The Bertz CT molecular complexity index is 439. The SMILES string of the molecule is CCC(F)(F)Oc1ccc(N=C/C(C)=C\N)cc1. The van der Waals surface area contributed by atoms with Crippen molar-refractivity contribution in [3.63, 3.8) is 0 Å². The molecule has 1 aromatic rings. The van der Waals surface area contributed by atoms with Crippen LogP contribution < -0.4 is 10.5 Å². The minimum absolute atomic E-state index is 0.117. The molecule has 0 aliphatic rings. The number of nitrogens with zero attached hydrogens (tertiary/aromatic N) is 1. The molecule has 1 rings (SSSR count). The Labute approximate surface area is 105 Å². The van der Waals surface area contributed by atoms with Crippen LogP contribution in [-0.4, -0.2) is 12.3 Å². The van der Waals surface area contributed by atoms with Crippen molar-refractivity contribution in [3.8, 4) is 5.75 Å². The monoisotopic (exact) mass is 254 g/mol. The summed E-state index contributed by atoms with van der Waals surface area (Å²) in [6, 6.07) is 6.11. The Hall–Kier alpha value is -1.91. The highest BCUT2D eigenvalue weighted by molar-refractivity contribution is 5.80. The number of ether oxygens (including phenoxy) is 1. The van der Waals surface area contributed by atoms with Gasteiger partial charge in [-0.25, -0.2) is 0 Å². The molecule has 0 bridgehead atoms. The molecular formula is C13H16F2N2O. The second-order valence-electron chi connectivity index (χ2n) is 3.76. The summed E-state index contributed by atoms with van der Waals surface area (Å²) in [4.78, 5) is 4.12. The van der Waals surface area contributed by atoms with E-state index in [0.29, 0.717) is 5.69 Å². The van der Waals surface area contributed by atoms with Crippen LogP contribution in [-0.2, 0) is 0 Å². The van der Waals surface area contributed by atoms with Gasteiger partial charge in [-0.05, 0) is 43.0 Å². The average Bonchev–Trinajstić information content (AvgIpc) is 2.37. The number of hydrogen-bond donors (Lipinski definition) is 1. The van der Waals surface area contributed by atoms with E-state index in [9.17, 15) is 8.78 Å². The topological polar surface area (TPSA) is 47.6 Å². The molecule has 3 nitrogen and oxygen atoms in total. The van der Waals surface area contributed by atoms with Crippen molar-refractivity contribution < 1.29 is 13.5 Å². The fourth-order valence-corrected chi connectivity index (χ4v) is 1.06. The lowest BCUT2D eigenvalue weighted by Gasteiger charge is -2.15. The highest BCUT2D eigenvalue weighted by atomic mass is 19.3. The van der Waals surface area contributed by atoms with Gasteiger partial charge in [-0.1, -0.05) is 6.92 Å². The predicted octanol–water partition coefficient (Wildman–Crippen LogP) is 3.63. The lowest BCUT2D eigenvalue weighted by Crippen LogP contribution is -2.22. The third kappa shape index (κ3) is 4.53. The van der Waals surface area contributed by atoms with E-state index in [-0.39, 0.29) is 12.2 Å². The molecular weight excluding hydrogens is 238 g/mol. The van der Waals surface area contributed by atoms with Crippen LogP contribution in [0, 0.1) is 0 Å². The Morgan fingerprint density at radius 2 is 2.00 bits per heavy atom. The van der Waals surface area contributed by atoms with Crippen LogP contribution in [0.5, 0.6) is 5.75 Å². The zero-order chi connectivity index (χ0) is 13.6. The summed E-state index contributed by atoms with van der Waals surface area (Å²) >= 11 is 0. The first-order valence-corrected chi connectivity index (χ1v) is 5.56. The summed E-state index contributed by atoms with van der Waals surface area (Å²) in [6.45, 7) is 3.17. The number of hydrogen-bond acceptors (Lipinski definition) is 3. The lowest BCUT2D eigenvalue weighted by atomic mass is 10.3. The summed E-state index contributed by atoms with van der Waals surface area (Å²) in [5, 5.41) is 0. The summed E-state index contributed by atoms with van der Waals surface area (Å²) in [5.41, 5.74) is 6.74. The molecule has 18 heavy (non-hydrogen) atoms. The van der Waals surface area contributed by atoms with Crippen LogP contribution in [0.4, 0.5) is 14.5 Å². The van der Waals surface area contributed by atoms with Gasteiger partial charge in [-0.15, -0.1) is 0 Å². The van der Waals surface area contributed by atoms with Gasteiger partial charge in [0.25, 0.3) is 0 Å². The second kappa shape index (κ2) is 6.14. The smallest absolute Gasteiger partial charge is 0.397 e. The number of aliphatic imine (C=N–C) groups is 1. The predicted molar refractivity (Wildman–Crippen MR) is 68.4 cm³/mol. The van der Waals surface area contributed by atoms with Gasteiger partial charge in [0.05, 0.1) is 5.69 Å². The van der Waals surface area contributed by atoms with Crippen LogP contribution >= 0.6 is 0 Å². The number of benzene rings is 1. The molecule has 0 spiro atoms. The molecule has 0 saturated heterocycles. The number of halogens is 2. The first kappa shape index (κ1) is 14.2. The van der Waals surface area contributed by atoms with Crippen LogP contribution in [0.25, 0.3) is 0 Å². The van der Waals surface area contributed by atoms with Crippen LogP contribution in [0.2, 0.25) is 0 Å². The normalized spacial score (nSPS) is 13.0. The minimum atomic E-state index is -3.14. The Morgan fingerprint density at radius 3 is 2.50 bits per heavy atom. The highest BCUT2D eigenvalue weighted by Crippen LogP contribution is 2.25. The Kier molecular flexibility index (Phi) is 4.83. The van der Waals surface area contributed by atoms with Crippen LogP contribution in [0.1, 0.15) is 20.3 Å². The molecule has 98 valence electrons. The number of allylic oxidation sites excluding steroid dienone is 1. The number of rotatable bonds is 5. The van der Waals surface area contributed by atoms with Gasteiger partial charge in [0.2, 0.25) is 0 Å². The minimum Gasteiger partial charge on any atom is -0.433 e. The first-order valence-electron chi connectivity index (χ1n) is 5.56. The van der Waals surface area contributed by atoms with E-state index in [2.05, 4.69) is 9.73 Å². The maximum Gasteiger partial charge on any atom is 0.397 e. The van der Waals surface area contributed by atoms with Gasteiger partial charge >= 0.3 is 6.11 Å². The summed E-state index contributed by atoms with van der Waals surface area (Å²) in [7, 11) is 0. The molecule has 0 heterocycles. The molecule has 2 N–H and O–H groups in total. The summed E-state index contributed by atoms with van der Waals surface area (Å²) in [6.07, 6.45) is -0.476. The molecule has 0 atom stereocenters. The first-order chi connectivity index (χ1) is 8.46. The lowest BCUT2D eigenvalue weighted by molar-refractivity contribution is -0.177. The zero-order valence-electron chi connectivity index (χ0n) is 10.4. The van der Waals surface area contributed by atoms with Crippen molar-refractivity contribution in [2.75, 3.05) is 0 Å². The van der Waals surface area contributed by atoms with Gasteiger partial charge in [0.1, 0.15) is 5.75 Å². The van der Waals surface area contributed by atoms with Gasteiger partial charge < -0.3 is 10.5 Å². The van der Waals surface area contributed by atoms with Gasteiger partial charge in [0.15, 0.2) is 0 Å². The third-order valence-corrected chi connectivity index (χ3v) is 2.20. The molecule has 0 aliphatic heterocycles. The maximum absolute atomic E-state index is 13.0. The van der Waals surface area contributed by atoms with Gasteiger partial charge in [-0.2, -0.15) is 8.78 Å². The standard InChI is InChI=1S/C13H16F2N2O/c1-3-13(14,15)18-12-6-4-11(5-7-12)17-9-10(2)8-16/h4-9H,3,16H2,1-2H3/b10-8-,17-9?. The maximum atomic E-state index is 13.0. The van der Waals surface area contributed by atoms with Crippen molar-refractivity contribution in [2.45, 2.75) is 26.4 Å². The molecule has 0 radical (unpaired) electrons. The van der Waals surface area contributed by atoms with Crippen LogP contribution in [0.3, 0.4) is 0 Å². The fourth-order valence-electron chi connectivity index (χ4n) is 1.06. The van der Waals surface area contributed by atoms with Crippen molar-refractivity contribution in [3.05, 3.63) is 36.0 Å². The zero-order valence-corrected chi connectivity index (χ0v) is 10.4. The van der Waals surface area contributed by atoms with Crippen LogP contribution in [0.15, 0.2) is 41.0 Å². The van der Waals surface area contributed by atoms with Crippen molar-refractivity contribution in [1.82, 2.24) is 0 Å². The van der Waals surface area contributed by atoms with E-state index in [1.165, 1.54) is 25.3 Å². The quantitative estimate of drug-likeness (QED) is 0.815. The molecule has 0 aromatic heterocycles. The van der Waals surface area contributed by atoms with Gasteiger partial charge in [0, 0.05) is 12.6 Å². The Morgan fingerprint density at radius 1 is 1.39 bits per heavy atom. The molecule has 5 heteroatoms. The molecule has 1 aromatic carbocycles. The van der Waals surface area contributed by atoms with Crippen molar-refractivity contribution in [2.24, 2.45) is 10.7 Å². The van der Waals surface area contributed by atoms with E-state index in [0.717, 1.165) is 5.57 Å². The Balaban J connectivity index is 2.72. The molecule has 0 aliphatic carbocycles. The molecule has 0 saturated carbocycles. The molecule has 0 amide bonds. The highest BCUT2D eigenvalue weighted by Gasteiger charge is 2.28. The third-order valence-electron chi connectivity index (χ3n) is 2.20. The van der Waals surface area contributed by atoms with Crippen molar-refractivity contribution in [1.29, 1.82) is 0 Å². The molecule has 0 fully saturated rings. The summed E-state index contributed by atoms with van der Waals surface area (Å²) < 4.78 is 30.5. The average molecular weight is 254 g/mol. The van der Waals surface area contributed by atoms with Gasteiger partial charge in [-0.3, -0.25) is 4.99 Å². The summed E-state index contributed by atoms with van der Waals surface area (Å²) in [5.74, 6) is 0.117. The van der Waals surface area contributed by atoms with E-state index in [4.69, 9.17) is 5.73 Å². The van der Waals surface area contributed by atoms with E-state index in [1.807, 2.05) is 6.92 Å². The largest absolute Gasteiger partial charge is 0.433 e. The molecule has 0 unspecified atom stereocenters. The second-order valence-corrected chi connectivity index (χ2v) is 3.76. The van der Waals surface area contributed by atoms with Crippen molar-refractivity contribution >= 4 is 11.9 Å². The fraction of sp³-hybridized carbons (Fsp3) is 0.308. The number of alkyl halides is 2.